The zero-order chi connectivity index (χ0) is 40.2. The van der Waals surface area contributed by atoms with E-state index in [0.717, 1.165) is 106 Å². The Bertz CT molecular complexity index is 3430. The Morgan fingerprint density at radius 3 is 2.11 bits per heavy atom. The fraction of sp³-hybridized carbons (Fsp3) is 0.0769. The van der Waals surface area contributed by atoms with Crippen molar-refractivity contribution in [3.63, 3.8) is 0 Å². The molecule has 2 atom stereocenters. The molecule has 2 unspecified atom stereocenters. The molecule has 2 aliphatic rings. The van der Waals surface area contributed by atoms with Crippen LogP contribution in [-0.4, -0.2) is 52.8 Å². The van der Waals surface area contributed by atoms with E-state index in [9.17, 15) is 5.11 Å². The Morgan fingerprint density at radius 1 is 0.623 bits per heavy atom. The van der Waals surface area contributed by atoms with Crippen LogP contribution in [0.1, 0.15) is 34.0 Å². The highest BCUT2D eigenvalue weighted by molar-refractivity contribution is 6.23. The lowest BCUT2D eigenvalue weighted by Gasteiger charge is -2.49. The van der Waals surface area contributed by atoms with Gasteiger partial charge in [-0.3, -0.25) is 5.10 Å². The van der Waals surface area contributed by atoms with Gasteiger partial charge in [0.25, 0.3) is 0 Å². The fourth-order valence-corrected chi connectivity index (χ4v) is 10.5. The van der Waals surface area contributed by atoms with Crippen LogP contribution in [0.4, 0.5) is 5.69 Å². The number of aromatic amines is 5. The summed E-state index contributed by atoms with van der Waals surface area (Å²) in [6.07, 6.45) is 4.73. The fourth-order valence-electron chi connectivity index (χ4n) is 10.5. The molecule has 0 radical (unpaired) electrons. The molecule has 6 aromatic heterocycles. The number of H-pyrrole nitrogens is 5. The van der Waals surface area contributed by atoms with Gasteiger partial charge in [0, 0.05) is 85.3 Å². The minimum absolute atomic E-state index is 0.198. The number of nitrogens with one attached hydrogen (secondary N) is 5. The zero-order valence-corrected chi connectivity index (χ0v) is 32.9. The number of para-hydroxylation sites is 4. The quantitative estimate of drug-likeness (QED) is 0.100. The Morgan fingerprint density at radius 2 is 1.30 bits per heavy atom. The first-order valence-electron chi connectivity index (χ1n) is 20.8. The van der Waals surface area contributed by atoms with Crippen molar-refractivity contribution in [3.05, 3.63) is 204 Å². The maximum atomic E-state index is 14.4. The molecule has 7 heterocycles. The second-order valence-electron chi connectivity index (χ2n) is 16.3. The van der Waals surface area contributed by atoms with Crippen molar-refractivity contribution < 1.29 is 5.11 Å². The Kier molecular flexibility index (Phi) is 7.07. The molecule has 0 saturated carbocycles. The van der Waals surface area contributed by atoms with E-state index in [1.165, 1.54) is 5.56 Å². The van der Waals surface area contributed by atoms with Gasteiger partial charge in [-0.2, -0.15) is 5.10 Å². The van der Waals surface area contributed by atoms with Crippen LogP contribution in [0, 0.1) is 0 Å². The van der Waals surface area contributed by atoms with E-state index in [2.05, 4.69) is 170 Å². The Hall–Kier alpha value is -8.04. The number of hydrogen-bond acceptors (Lipinski definition) is 4. The molecule has 0 spiro atoms. The van der Waals surface area contributed by atoms with Crippen molar-refractivity contribution in [1.82, 2.24) is 35.1 Å². The van der Waals surface area contributed by atoms with Crippen molar-refractivity contribution >= 4 is 76.9 Å². The van der Waals surface area contributed by atoms with Crippen LogP contribution in [0.3, 0.4) is 0 Å². The molecule has 0 fully saturated rings. The van der Waals surface area contributed by atoms with E-state index < -0.39 is 11.5 Å². The molecular weight excluding hydrogens is 753 g/mol. The molecule has 5 aromatic carbocycles. The third kappa shape index (κ3) is 4.77. The normalized spacial score (nSPS) is 18.2. The summed E-state index contributed by atoms with van der Waals surface area (Å²) >= 11 is 0. The molecule has 0 bridgehead atoms. The van der Waals surface area contributed by atoms with E-state index >= 15 is 0 Å². The topological polar surface area (TPSA) is 128 Å². The van der Waals surface area contributed by atoms with Crippen LogP contribution in [0.15, 0.2) is 170 Å². The molecule has 1 aliphatic heterocycles. The van der Waals surface area contributed by atoms with Crippen molar-refractivity contribution in [2.45, 2.75) is 17.9 Å². The molecule has 6 N–H and O–H groups in total. The Balaban J connectivity index is 1.28. The van der Waals surface area contributed by atoms with Gasteiger partial charge in [-0.1, -0.05) is 97.1 Å². The maximum absolute atomic E-state index is 14.4. The number of nitrogens with zero attached hydrogens (tertiary/aromatic N) is 3. The number of pyridine rings is 1. The molecule has 0 saturated heterocycles. The maximum Gasteiger partial charge on any atom is 0.137 e. The van der Waals surface area contributed by atoms with Crippen molar-refractivity contribution in [3.8, 4) is 0 Å². The van der Waals surface area contributed by atoms with E-state index in [0.29, 0.717) is 12.1 Å². The number of anilines is 1. The highest BCUT2D eigenvalue weighted by Gasteiger charge is 2.59. The molecule has 11 aromatic rings. The van der Waals surface area contributed by atoms with Crippen LogP contribution in [-0.2, 0) is 11.8 Å². The highest BCUT2D eigenvalue weighted by Crippen LogP contribution is 2.60. The van der Waals surface area contributed by atoms with Crippen molar-refractivity contribution in [2.75, 3.05) is 11.4 Å². The predicted octanol–water partition coefficient (Wildman–Crippen LogP) is 11.2. The third-order valence-electron chi connectivity index (χ3n) is 13.2. The zero-order valence-electron chi connectivity index (χ0n) is 32.9. The van der Waals surface area contributed by atoms with Gasteiger partial charge in [-0.15, -0.1) is 0 Å². The van der Waals surface area contributed by atoms with Gasteiger partial charge in [-0.05, 0) is 77.4 Å². The molecule has 9 nitrogen and oxygen atoms in total. The van der Waals surface area contributed by atoms with Gasteiger partial charge >= 0.3 is 0 Å². The summed E-state index contributed by atoms with van der Waals surface area (Å²) in [5.74, 6) is 0.198. The first-order chi connectivity index (χ1) is 30.1. The molecule has 292 valence electrons. The summed E-state index contributed by atoms with van der Waals surface area (Å²) in [5, 5.41) is 29.2. The average Bonchev–Trinajstić information content (AvgIpc) is 4.17. The van der Waals surface area contributed by atoms with Gasteiger partial charge < -0.3 is 29.9 Å². The van der Waals surface area contributed by atoms with Crippen LogP contribution >= 0.6 is 0 Å². The lowest BCUT2D eigenvalue weighted by molar-refractivity contribution is 0.299. The lowest BCUT2D eigenvalue weighted by Crippen LogP contribution is -2.55. The van der Waals surface area contributed by atoms with E-state index in [-0.39, 0.29) is 5.76 Å². The smallest absolute Gasteiger partial charge is 0.137 e. The first-order valence-corrected chi connectivity index (χ1v) is 20.8. The second-order valence-corrected chi connectivity index (χ2v) is 16.3. The number of hydrogen-bond donors (Lipinski definition) is 6. The average molecular weight is 791 g/mol. The summed E-state index contributed by atoms with van der Waals surface area (Å²) in [6.45, 7) is 0.712. The third-order valence-corrected chi connectivity index (χ3v) is 13.2. The van der Waals surface area contributed by atoms with E-state index in [1.54, 1.807) is 0 Å². The number of aromatic nitrogens is 7. The molecule has 9 heteroatoms. The largest absolute Gasteiger partial charge is 0.510 e. The summed E-state index contributed by atoms with van der Waals surface area (Å²) in [6, 6.07) is 52.2. The van der Waals surface area contributed by atoms with Crippen LogP contribution in [0.25, 0.3) is 71.2 Å². The van der Waals surface area contributed by atoms with E-state index in [4.69, 9.17) is 10.1 Å². The number of fused-ring (bicyclic) bond motifs is 6. The predicted molar refractivity (Wildman–Crippen MR) is 246 cm³/mol. The van der Waals surface area contributed by atoms with Gasteiger partial charge in [0.1, 0.15) is 16.8 Å². The highest BCUT2D eigenvalue weighted by atomic mass is 16.3. The standard InChI is InChI=1S/C52H38N8O/c61-50-44(40-26-31-13-2-7-19-37(31)55-40)45(47-35-17-5-1-15-34(35)29-54-47)46(48-36-18-6-9-21-39(36)58-59-48)49(60-25-23-30-12-4-10-22-41(30)60)52(50,42-27-32-14-3-8-20-38(32)56-42)43-28-33-16-11-24-53-51(33)57-43/h1-22,24,26-29,49,54-56,61H,23,25H2,(H,53,57)(H,58,59). The van der Waals surface area contributed by atoms with Crippen molar-refractivity contribution in [1.29, 1.82) is 0 Å². The summed E-state index contributed by atoms with van der Waals surface area (Å²) < 4.78 is 0. The first kappa shape index (κ1) is 33.9. The van der Waals surface area contributed by atoms with Gasteiger partial charge in [-0.25, -0.2) is 4.98 Å². The number of benzene rings is 5. The SMILES string of the molecule is OC1=C(c2cc3ccccc3[nH]2)C(c2[nH]cc3ccccc23)=C(c2n[nH]c3ccccc23)C(N2CCc3ccccc32)C1(c1cc2ccccc2[nH]1)c1cc2cccnc2[nH]1. The minimum Gasteiger partial charge on any atom is -0.510 e. The van der Waals surface area contributed by atoms with Gasteiger partial charge in [0.2, 0.25) is 0 Å². The van der Waals surface area contributed by atoms with E-state index in [1.807, 2.05) is 24.4 Å². The van der Waals surface area contributed by atoms with Crippen LogP contribution < -0.4 is 4.90 Å². The van der Waals surface area contributed by atoms with Crippen molar-refractivity contribution in [2.24, 2.45) is 0 Å². The van der Waals surface area contributed by atoms with Crippen LogP contribution in [0.5, 0.6) is 0 Å². The van der Waals surface area contributed by atoms with Gasteiger partial charge in [0.05, 0.1) is 28.6 Å². The molecular formula is C52H38N8O. The number of aliphatic hydroxyl groups excluding tert-OH is 1. The molecule has 0 amide bonds. The summed E-state index contributed by atoms with van der Waals surface area (Å²) in [4.78, 5) is 22.6. The number of aliphatic hydroxyl groups is 1. The lowest BCUT2D eigenvalue weighted by atomic mass is 9.62. The number of allylic oxidation sites excluding steroid dienone is 2. The molecule has 61 heavy (non-hydrogen) atoms. The van der Waals surface area contributed by atoms with Crippen LogP contribution in [0.2, 0.25) is 0 Å². The van der Waals surface area contributed by atoms with Gasteiger partial charge in [0.15, 0.2) is 0 Å². The second kappa shape index (κ2) is 12.7. The molecule has 1 aliphatic carbocycles. The minimum atomic E-state index is -1.30. The Labute approximate surface area is 349 Å². The molecule has 13 rings (SSSR count). The summed E-state index contributed by atoms with van der Waals surface area (Å²) in [7, 11) is 0. The summed E-state index contributed by atoms with van der Waals surface area (Å²) in [5.41, 5.74) is 11.4. The monoisotopic (exact) mass is 790 g/mol. The number of rotatable bonds is 6.